The summed E-state index contributed by atoms with van der Waals surface area (Å²) in [5.74, 6) is 1.35. The number of fused-ring (bicyclic) bond motifs is 1. The molecule has 0 unspecified atom stereocenters. The first-order valence-corrected chi connectivity index (χ1v) is 9.47. The zero-order valence-electron chi connectivity index (χ0n) is 16.3. The van der Waals surface area contributed by atoms with Crippen LogP contribution in [0.5, 0.6) is 5.75 Å². The molecule has 0 bridgehead atoms. The minimum atomic E-state index is -0.535. The smallest absolute Gasteiger partial charge is 0.373 e. The molecule has 0 aliphatic rings. The number of nitrogens with one attached hydrogen (secondary N) is 1. The second kappa shape index (κ2) is 8.34. The lowest BCUT2D eigenvalue weighted by Crippen LogP contribution is -2.01. The van der Waals surface area contributed by atoms with Crippen LogP contribution in [0, 0.1) is 11.7 Å². The van der Waals surface area contributed by atoms with E-state index in [9.17, 15) is 4.79 Å². The van der Waals surface area contributed by atoms with Gasteiger partial charge in [-0.25, -0.2) is 4.79 Å². The molecule has 0 spiro atoms. The summed E-state index contributed by atoms with van der Waals surface area (Å²) >= 11 is 5.22. The standard InChI is InChI=1S/C21H18N4O4S/c1-13-23-24-21(30)25(13)22-11-17-16-6-4-3-5-14(16)7-9-18(17)28-12-15-8-10-19(29-15)20(26)27-2/h3-11H,12H2,1-2H3,(H,24,30). The number of ether oxygens (including phenoxy) is 2. The molecule has 2 aromatic carbocycles. The van der Waals surface area contributed by atoms with E-state index in [2.05, 4.69) is 20.0 Å². The van der Waals surface area contributed by atoms with Gasteiger partial charge < -0.3 is 13.9 Å². The van der Waals surface area contributed by atoms with Gasteiger partial charge in [0, 0.05) is 5.56 Å². The maximum atomic E-state index is 11.6. The van der Waals surface area contributed by atoms with Crippen molar-refractivity contribution in [2.24, 2.45) is 5.10 Å². The summed E-state index contributed by atoms with van der Waals surface area (Å²) in [7, 11) is 1.30. The number of nitrogens with zero attached hydrogens (tertiary/aromatic N) is 3. The Morgan fingerprint density at radius 2 is 2.10 bits per heavy atom. The molecule has 152 valence electrons. The number of carbonyl (C=O) groups excluding carboxylic acids is 1. The normalized spacial score (nSPS) is 11.3. The molecule has 9 heteroatoms. The highest BCUT2D eigenvalue weighted by atomic mass is 32.1. The summed E-state index contributed by atoms with van der Waals surface area (Å²) in [6, 6.07) is 15.0. The number of methoxy groups -OCH3 is 1. The van der Waals surface area contributed by atoms with Gasteiger partial charge in [-0.1, -0.05) is 30.3 Å². The van der Waals surface area contributed by atoms with E-state index in [1.807, 2.05) is 36.4 Å². The van der Waals surface area contributed by atoms with E-state index in [4.69, 9.17) is 21.4 Å². The minimum absolute atomic E-state index is 0.126. The quantitative estimate of drug-likeness (QED) is 0.284. The van der Waals surface area contributed by atoms with Gasteiger partial charge in [-0.15, -0.1) is 0 Å². The molecular weight excluding hydrogens is 404 g/mol. The molecular formula is C21H18N4O4S. The van der Waals surface area contributed by atoms with Gasteiger partial charge in [-0.2, -0.15) is 14.9 Å². The number of aromatic amines is 1. The Balaban J connectivity index is 1.67. The highest BCUT2D eigenvalue weighted by Gasteiger charge is 2.13. The fraction of sp³-hybridized carbons (Fsp3) is 0.143. The first-order valence-electron chi connectivity index (χ1n) is 9.07. The fourth-order valence-corrected chi connectivity index (χ4v) is 3.20. The van der Waals surface area contributed by atoms with Crippen molar-refractivity contribution in [1.29, 1.82) is 0 Å². The number of rotatable bonds is 6. The lowest BCUT2D eigenvalue weighted by Gasteiger charge is -2.11. The van der Waals surface area contributed by atoms with Gasteiger partial charge in [-0.05, 0) is 48.1 Å². The van der Waals surface area contributed by atoms with Crippen molar-refractivity contribution < 1.29 is 18.7 Å². The van der Waals surface area contributed by atoms with Gasteiger partial charge >= 0.3 is 5.97 Å². The number of aromatic nitrogens is 3. The molecule has 0 saturated carbocycles. The topological polar surface area (TPSA) is 94.6 Å². The van der Waals surface area contributed by atoms with Gasteiger partial charge in [0.2, 0.25) is 10.5 Å². The van der Waals surface area contributed by atoms with E-state index in [1.165, 1.54) is 11.8 Å². The number of hydrogen-bond donors (Lipinski definition) is 1. The largest absolute Gasteiger partial charge is 0.485 e. The molecule has 4 aromatic rings. The molecule has 0 aliphatic heterocycles. The molecule has 0 aliphatic carbocycles. The average Bonchev–Trinajstić information content (AvgIpc) is 3.37. The van der Waals surface area contributed by atoms with Crippen LogP contribution >= 0.6 is 12.2 Å². The van der Waals surface area contributed by atoms with Crippen LogP contribution in [0.4, 0.5) is 0 Å². The summed E-state index contributed by atoms with van der Waals surface area (Å²) < 4.78 is 18.1. The van der Waals surface area contributed by atoms with Crippen LogP contribution in [0.25, 0.3) is 10.8 Å². The number of esters is 1. The Morgan fingerprint density at radius 1 is 1.27 bits per heavy atom. The molecule has 30 heavy (non-hydrogen) atoms. The Bertz CT molecular complexity index is 1300. The van der Waals surface area contributed by atoms with Crippen molar-refractivity contribution >= 4 is 35.2 Å². The van der Waals surface area contributed by atoms with Gasteiger partial charge in [0.15, 0.2) is 0 Å². The SMILES string of the molecule is COC(=O)c1ccc(COc2ccc3ccccc3c2C=Nn2c(C)n[nH]c2=S)o1. The zero-order chi connectivity index (χ0) is 21.1. The van der Waals surface area contributed by atoms with Crippen molar-refractivity contribution in [3.63, 3.8) is 0 Å². The second-order valence-corrected chi connectivity index (χ2v) is 6.76. The first kappa shape index (κ1) is 19.6. The van der Waals surface area contributed by atoms with E-state index >= 15 is 0 Å². The van der Waals surface area contributed by atoms with Gasteiger partial charge in [0.05, 0.1) is 13.3 Å². The molecule has 0 atom stereocenters. The number of H-pyrrole nitrogens is 1. The van der Waals surface area contributed by atoms with Gasteiger partial charge in [0.25, 0.3) is 0 Å². The maximum absolute atomic E-state index is 11.6. The van der Waals surface area contributed by atoms with Crippen molar-refractivity contribution in [2.45, 2.75) is 13.5 Å². The average molecular weight is 422 g/mol. The third-order valence-electron chi connectivity index (χ3n) is 4.46. The highest BCUT2D eigenvalue weighted by Crippen LogP contribution is 2.28. The van der Waals surface area contributed by atoms with Crippen LogP contribution in [0.15, 0.2) is 58.0 Å². The highest BCUT2D eigenvalue weighted by molar-refractivity contribution is 7.71. The monoisotopic (exact) mass is 422 g/mol. The van der Waals surface area contributed by atoms with Crippen LogP contribution in [0.1, 0.15) is 27.7 Å². The van der Waals surface area contributed by atoms with Crippen LogP contribution in [0.3, 0.4) is 0 Å². The van der Waals surface area contributed by atoms with Gasteiger partial charge in [0.1, 0.15) is 23.9 Å². The predicted octanol–water partition coefficient (Wildman–Crippen LogP) is 4.24. The number of carbonyl (C=O) groups is 1. The van der Waals surface area contributed by atoms with E-state index < -0.39 is 5.97 Å². The third-order valence-corrected chi connectivity index (χ3v) is 4.73. The molecule has 0 radical (unpaired) electrons. The number of hydrogen-bond acceptors (Lipinski definition) is 7. The number of benzene rings is 2. The number of furan rings is 1. The number of aryl methyl sites for hydroxylation is 1. The molecule has 8 nitrogen and oxygen atoms in total. The zero-order valence-corrected chi connectivity index (χ0v) is 17.1. The Hall–Kier alpha value is -3.72. The van der Waals surface area contributed by atoms with E-state index in [1.54, 1.807) is 25.3 Å². The van der Waals surface area contributed by atoms with Gasteiger partial charge in [-0.3, -0.25) is 5.10 Å². The van der Waals surface area contributed by atoms with Crippen molar-refractivity contribution in [3.8, 4) is 5.75 Å². The van der Waals surface area contributed by atoms with Crippen molar-refractivity contribution in [3.05, 3.63) is 76.2 Å². The minimum Gasteiger partial charge on any atom is -0.485 e. The van der Waals surface area contributed by atoms with Crippen LogP contribution in [-0.4, -0.2) is 34.2 Å². The molecule has 2 heterocycles. The Kier molecular flexibility index (Phi) is 5.44. The molecule has 0 saturated heterocycles. The second-order valence-electron chi connectivity index (χ2n) is 6.38. The van der Waals surface area contributed by atoms with Crippen molar-refractivity contribution in [2.75, 3.05) is 7.11 Å². The Labute approximate surface area is 176 Å². The molecule has 0 amide bonds. The van der Waals surface area contributed by atoms with Crippen molar-refractivity contribution in [1.82, 2.24) is 14.9 Å². The van der Waals surface area contributed by atoms with Crippen LogP contribution < -0.4 is 4.74 Å². The summed E-state index contributed by atoms with van der Waals surface area (Å²) in [4.78, 5) is 11.6. The summed E-state index contributed by atoms with van der Waals surface area (Å²) in [5.41, 5.74) is 0.787. The summed E-state index contributed by atoms with van der Waals surface area (Å²) in [6.45, 7) is 1.94. The van der Waals surface area contributed by atoms with E-state index in [0.717, 1.165) is 16.3 Å². The summed E-state index contributed by atoms with van der Waals surface area (Å²) in [6.07, 6.45) is 1.69. The third kappa shape index (κ3) is 3.87. The van der Waals surface area contributed by atoms with Crippen LogP contribution in [0.2, 0.25) is 0 Å². The lowest BCUT2D eigenvalue weighted by molar-refractivity contribution is 0.0561. The Morgan fingerprint density at radius 3 is 2.87 bits per heavy atom. The fourth-order valence-electron chi connectivity index (χ4n) is 2.97. The first-order chi connectivity index (χ1) is 14.6. The lowest BCUT2D eigenvalue weighted by atomic mass is 10.0. The molecule has 0 fully saturated rings. The maximum Gasteiger partial charge on any atom is 0.373 e. The molecule has 4 rings (SSSR count). The van der Waals surface area contributed by atoms with Crippen LogP contribution in [-0.2, 0) is 11.3 Å². The van der Waals surface area contributed by atoms with E-state index in [-0.39, 0.29) is 12.4 Å². The molecule has 2 aromatic heterocycles. The summed E-state index contributed by atoms with van der Waals surface area (Å²) in [5, 5.41) is 13.3. The molecule has 1 N–H and O–H groups in total. The predicted molar refractivity (Wildman–Crippen MR) is 113 cm³/mol. The van der Waals surface area contributed by atoms with E-state index in [0.29, 0.717) is 22.1 Å².